The van der Waals surface area contributed by atoms with Crippen molar-refractivity contribution in [2.45, 2.75) is 19.8 Å². The lowest BCUT2D eigenvalue weighted by Crippen LogP contribution is -2.23. The van der Waals surface area contributed by atoms with Gasteiger partial charge in [0.15, 0.2) is 11.5 Å². The Bertz CT molecular complexity index is 626. The first-order valence-corrected chi connectivity index (χ1v) is 7.83. The Morgan fingerprint density at radius 3 is 2.40 bits per heavy atom. The summed E-state index contributed by atoms with van der Waals surface area (Å²) in [7, 11) is 0. The molecular formula is C17H24N2O6. The first-order valence-electron chi connectivity index (χ1n) is 7.83. The van der Waals surface area contributed by atoms with Gasteiger partial charge in [-0.05, 0) is 24.5 Å². The molecule has 0 radical (unpaired) electrons. The Labute approximate surface area is 146 Å². The predicted octanol–water partition coefficient (Wildman–Crippen LogP) is 2.10. The van der Waals surface area contributed by atoms with Gasteiger partial charge in [0.25, 0.3) is 0 Å². The highest BCUT2D eigenvalue weighted by Crippen LogP contribution is 2.45. The summed E-state index contributed by atoms with van der Waals surface area (Å²) in [5.74, 6) is -0.637. The van der Waals surface area contributed by atoms with Crippen molar-refractivity contribution >= 4 is 17.6 Å². The first kappa shape index (κ1) is 20.3. The minimum absolute atomic E-state index is 0. The summed E-state index contributed by atoms with van der Waals surface area (Å²) >= 11 is 0. The van der Waals surface area contributed by atoms with Crippen LogP contribution in [0.15, 0.2) is 24.3 Å². The van der Waals surface area contributed by atoms with E-state index in [0.717, 1.165) is 31.0 Å². The highest BCUT2D eigenvalue weighted by atomic mass is 16.6. The van der Waals surface area contributed by atoms with Crippen LogP contribution < -0.4 is 20.5 Å². The molecule has 3 rings (SSSR count). The largest absolute Gasteiger partial charge is 0.486 e. The minimum Gasteiger partial charge on any atom is -0.486 e. The monoisotopic (exact) mass is 352 g/mol. The smallest absolute Gasteiger partial charge is 0.328 e. The zero-order valence-electron chi connectivity index (χ0n) is 14.2. The number of rotatable bonds is 4. The van der Waals surface area contributed by atoms with E-state index in [1.807, 2.05) is 6.07 Å². The molecule has 0 aromatic heterocycles. The second-order valence-corrected chi connectivity index (χ2v) is 5.34. The van der Waals surface area contributed by atoms with Gasteiger partial charge in [0.2, 0.25) is 0 Å². The lowest BCUT2D eigenvalue weighted by Gasteiger charge is -2.25. The summed E-state index contributed by atoms with van der Waals surface area (Å²) in [4.78, 5) is 21.5. The van der Waals surface area contributed by atoms with Gasteiger partial charge in [0, 0.05) is 25.2 Å². The molecule has 2 aliphatic rings. The van der Waals surface area contributed by atoms with Crippen LogP contribution in [0.5, 0.6) is 11.5 Å². The lowest BCUT2D eigenvalue weighted by molar-refractivity contribution is -0.134. The van der Waals surface area contributed by atoms with Gasteiger partial charge in [0.1, 0.15) is 13.2 Å². The van der Waals surface area contributed by atoms with Gasteiger partial charge in [-0.15, -0.1) is 0 Å². The van der Waals surface area contributed by atoms with E-state index in [-0.39, 0.29) is 6.15 Å². The molecule has 0 unspecified atom stereocenters. The number of aliphatic carboxylic acids is 2. The number of carbonyl (C=O) groups is 2. The molecule has 5 N–H and O–H groups in total. The number of benzene rings is 1. The number of fused-ring (bicyclic) bond motifs is 3. The second kappa shape index (κ2) is 9.53. The van der Waals surface area contributed by atoms with E-state index >= 15 is 0 Å². The molecule has 0 saturated heterocycles. The Morgan fingerprint density at radius 2 is 1.80 bits per heavy atom. The van der Waals surface area contributed by atoms with Crippen molar-refractivity contribution < 1.29 is 29.3 Å². The van der Waals surface area contributed by atoms with Gasteiger partial charge in [-0.25, -0.2) is 9.59 Å². The van der Waals surface area contributed by atoms with E-state index in [2.05, 4.69) is 17.9 Å². The molecule has 1 aromatic rings. The molecule has 8 heteroatoms. The fraction of sp³-hybridized carbons (Fsp3) is 0.412. The summed E-state index contributed by atoms with van der Waals surface area (Å²) in [5, 5.41) is 15.6. The fourth-order valence-corrected chi connectivity index (χ4v) is 2.69. The molecule has 0 aliphatic carbocycles. The van der Waals surface area contributed by atoms with Crippen LogP contribution in [0, 0.1) is 0 Å². The first-order chi connectivity index (χ1) is 11.5. The number of carboxylic acid groups (broad SMARTS) is 2. The number of hydrogen-bond donors (Lipinski definition) is 3. The average Bonchev–Trinajstić information content (AvgIpc) is 2.97. The van der Waals surface area contributed by atoms with E-state index < -0.39 is 11.9 Å². The van der Waals surface area contributed by atoms with E-state index in [9.17, 15) is 9.59 Å². The predicted molar refractivity (Wildman–Crippen MR) is 93.1 cm³/mol. The van der Waals surface area contributed by atoms with Crippen molar-refractivity contribution in [2.24, 2.45) is 0 Å². The molecule has 2 heterocycles. The molecule has 0 fully saturated rings. The Morgan fingerprint density at radius 1 is 1.16 bits per heavy atom. The number of nitrogens with zero attached hydrogens (tertiary/aromatic N) is 1. The highest BCUT2D eigenvalue weighted by Gasteiger charge is 2.27. The molecule has 0 bridgehead atoms. The summed E-state index contributed by atoms with van der Waals surface area (Å²) in [6.45, 7) is 5.77. The van der Waals surface area contributed by atoms with Crippen LogP contribution in [0.1, 0.15) is 18.9 Å². The summed E-state index contributed by atoms with van der Waals surface area (Å²) in [5.41, 5.74) is 2.68. The molecule has 138 valence electrons. The third kappa shape index (κ3) is 5.39. The van der Waals surface area contributed by atoms with Crippen LogP contribution >= 0.6 is 0 Å². The van der Waals surface area contributed by atoms with Crippen molar-refractivity contribution in [1.82, 2.24) is 6.15 Å². The van der Waals surface area contributed by atoms with E-state index in [1.54, 1.807) is 0 Å². The van der Waals surface area contributed by atoms with Crippen LogP contribution in [0.4, 0.5) is 5.69 Å². The maximum Gasteiger partial charge on any atom is 0.328 e. The molecule has 8 nitrogen and oxygen atoms in total. The maximum absolute atomic E-state index is 9.55. The maximum atomic E-state index is 9.55. The zero-order chi connectivity index (χ0) is 17.5. The van der Waals surface area contributed by atoms with Crippen LogP contribution in [-0.4, -0.2) is 48.5 Å². The Hall–Kier alpha value is -2.74. The summed E-state index contributed by atoms with van der Waals surface area (Å²) in [6.07, 6.45) is 3.42. The van der Waals surface area contributed by atoms with Gasteiger partial charge in [0.05, 0.1) is 5.69 Å². The molecule has 0 saturated carbocycles. The van der Waals surface area contributed by atoms with Crippen molar-refractivity contribution in [3.05, 3.63) is 29.8 Å². The second-order valence-electron chi connectivity index (χ2n) is 5.34. The van der Waals surface area contributed by atoms with Gasteiger partial charge in [-0.3, -0.25) is 0 Å². The zero-order valence-corrected chi connectivity index (χ0v) is 14.2. The van der Waals surface area contributed by atoms with Gasteiger partial charge < -0.3 is 30.7 Å². The molecule has 0 amide bonds. The third-order valence-corrected chi connectivity index (χ3v) is 3.60. The van der Waals surface area contributed by atoms with E-state index in [0.29, 0.717) is 25.4 Å². The SMILES string of the molecule is CCCN1CCc2ccc3c(c21)OCCO3.N.O=C(O)C=CC(=O)O. The average molecular weight is 352 g/mol. The van der Waals surface area contributed by atoms with Crippen molar-refractivity contribution in [1.29, 1.82) is 0 Å². The molecule has 25 heavy (non-hydrogen) atoms. The Balaban J connectivity index is 0.000000301. The molecular weight excluding hydrogens is 328 g/mol. The molecule has 2 aliphatic heterocycles. The van der Waals surface area contributed by atoms with E-state index in [1.165, 1.54) is 17.7 Å². The van der Waals surface area contributed by atoms with Crippen LogP contribution in [0.3, 0.4) is 0 Å². The summed E-state index contributed by atoms with van der Waals surface area (Å²) < 4.78 is 11.4. The normalized spacial score (nSPS) is 14.2. The van der Waals surface area contributed by atoms with E-state index in [4.69, 9.17) is 19.7 Å². The topological polar surface area (TPSA) is 131 Å². The molecule has 0 spiro atoms. The number of carboxylic acids is 2. The minimum atomic E-state index is -1.26. The quantitative estimate of drug-likeness (QED) is 0.702. The van der Waals surface area contributed by atoms with Crippen LogP contribution in [0.2, 0.25) is 0 Å². The standard InChI is InChI=1S/C13H17NO2.C4H4O4.H3N/c1-2-6-14-7-5-10-3-4-11-13(12(10)14)16-9-8-15-11;5-3(6)1-2-4(7)8;/h3-4H,2,5-9H2,1H3;1-2H,(H,5,6)(H,7,8);1H3. The number of ether oxygens (including phenoxy) is 2. The number of hydrogen-bond acceptors (Lipinski definition) is 6. The lowest BCUT2D eigenvalue weighted by atomic mass is 10.1. The van der Waals surface area contributed by atoms with Gasteiger partial charge >= 0.3 is 11.9 Å². The Kier molecular flexibility index (Phi) is 7.74. The molecule has 0 atom stereocenters. The van der Waals surface area contributed by atoms with Crippen molar-refractivity contribution in [2.75, 3.05) is 31.2 Å². The van der Waals surface area contributed by atoms with Crippen molar-refractivity contribution in [3.63, 3.8) is 0 Å². The van der Waals surface area contributed by atoms with Crippen molar-refractivity contribution in [3.8, 4) is 11.5 Å². The fourth-order valence-electron chi connectivity index (χ4n) is 2.69. The van der Waals surface area contributed by atoms with Gasteiger partial charge in [-0.1, -0.05) is 13.0 Å². The molecule has 1 aromatic carbocycles. The summed E-state index contributed by atoms with van der Waals surface area (Å²) in [6, 6.07) is 4.22. The number of anilines is 1. The van der Waals surface area contributed by atoms with Crippen LogP contribution in [0.25, 0.3) is 0 Å². The van der Waals surface area contributed by atoms with Gasteiger partial charge in [-0.2, -0.15) is 0 Å². The van der Waals surface area contributed by atoms with Crippen LogP contribution in [-0.2, 0) is 16.0 Å². The third-order valence-electron chi connectivity index (χ3n) is 3.60. The highest BCUT2D eigenvalue weighted by molar-refractivity contribution is 5.89.